The minimum atomic E-state index is -4.58. The number of thioether (sulfide) groups is 1. The number of hydrogen-bond acceptors (Lipinski definition) is 7. The van der Waals surface area contributed by atoms with Gasteiger partial charge in [-0.25, -0.2) is 4.98 Å². The normalized spacial score (nSPS) is 14.9. The summed E-state index contributed by atoms with van der Waals surface area (Å²) < 4.78 is 46.1. The quantitative estimate of drug-likeness (QED) is 0.273. The first-order valence-electron chi connectivity index (χ1n) is 11.5. The number of benzene rings is 1. The van der Waals surface area contributed by atoms with Crippen LogP contribution in [-0.4, -0.2) is 55.0 Å². The molecule has 0 bridgehead atoms. The molecule has 4 heterocycles. The van der Waals surface area contributed by atoms with E-state index in [0.717, 1.165) is 71.6 Å². The second-order valence-corrected chi connectivity index (χ2v) is 9.67. The second kappa shape index (κ2) is 9.62. The van der Waals surface area contributed by atoms with Crippen molar-refractivity contribution in [2.24, 2.45) is 7.05 Å². The molecule has 1 aromatic carbocycles. The van der Waals surface area contributed by atoms with Crippen LogP contribution in [0.3, 0.4) is 0 Å². The average molecular weight is 503 g/mol. The van der Waals surface area contributed by atoms with Crippen LogP contribution in [0.1, 0.15) is 29.1 Å². The molecule has 11 heteroatoms. The molecule has 0 aliphatic carbocycles. The maximum atomic E-state index is 13.0. The molecular formula is C24H25F3N6OS. The first kappa shape index (κ1) is 23.8. The fourth-order valence-electron chi connectivity index (χ4n) is 4.46. The Kier molecular flexibility index (Phi) is 6.54. The lowest BCUT2D eigenvalue weighted by atomic mass is 10.0. The SMILES string of the molecule is Cc1ncccc1-c1nnc(SCCCN2CCc3ccc4oc(C(F)(F)F)nc4c3CC2)n1C. The summed E-state index contributed by atoms with van der Waals surface area (Å²) in [5.41, 5.74) is 4.35. The Bertz CT molecular complexity index is 1350. The van der Waals surface area contributed by atoms with Gasteiger partial charge in [0.1, 0.15) is 5.52 Å². The zero-order valence-corrected chi connectivity index (χ0v) is 20.3. The summed E-state index contributed by atoms with van der Waals surface area (Å²) in [7, 11) is 1.96. The van der Waals surface area contributed by atoms with Crippen LogP contribution >= 0.6 is 11.8 Å². The summed E-state index contributed by atoms with van der Waals surface area (Å²) in [5.74, 6) is 0.519. The highest BCUT2D eigenvalue weighted by molar-refractivity contribution is 7.99. The zero-order valence-electron chi connectivity index (χ0n) is 19.5. The van der Waals surface area contributed by atoms with E-state index in [4.69, 9.17) is 4.42 Å². The Morgan fingerprint density at radius 1 is 1.11 bits per heavy atom. The molecular weight excluding hydrogens is 477 g/mol. The van der Waals surface area contributed by atoms with Crippen molar-refractivity contribution in [2.75, 3.05) is 25.4 Å². The molecule has 0 N–H and O–H groups in total. The molecule has 0 saturated carbocycles. The van der Waals surface area contributed by atoms with Crippen molar-refractivity contribution in [3.8, 4) is 11.4 Å². The van der Waals surface area contributed by atoms with Gasteiger partial charge in [0, 0.05) is 43.3 Å². The molecule has 0 atom stereocenters. The molecule has 1 aliphatic rings. The van der Waals surface area contributed by atoms with Crippen molar-refractivity contribution >= 4 is 22.9 Å². The van der Waals surface area contributed by atoms with Gasteiger partial charge in [0.2, 0.25) is 0 Å². The van der Waals surface area contributed by atoms with E-state index in [1.807, 2.05) is 36.7 Å². The summed E-state index contributed by atoms with van der Waals surface area (Å²) in [5, 5.41) is 9.56. The van der Waals surface area contributed by atoms with E-state index in [9.17, 15) is 13.2 Å². The largest absolute Gasteiger partial charge is 0.468 e. The first-order chi connectivity index (χ1) is 16.8. The van der Waals surface area contributed by atoms with Gasteiger partial charge in [-0.05, 0) is 62.1 Å². The maximum absolute atomic E-state index is 13.0. The number of aromatic nitrogens is 5. The van der Waals surface area contributed by atoms with Crippen molar-refractivity contribution in [3.05, 3.63) is 53.2 Å². The zero-order chi connectivity index (χ0) is 24.6. The molecule has 5 rings (SSSR count). The van der Waals surface area contributed by atoms with Crippen LogP contribution in [0.15, 0.2) is 40.0 Å². The van der Waals surface area contributed by atoms with Gasteiger partial charge < -0.3 is 13.9 Å². The maximum Gasteiger partial charge on any atom is 0.468 e. The van der Waals surface area contributed by atoms with Crippen LogP contribution in [0.4, 0.5) is 13.2 Å². The van der Waals surface area contributed by atoms with Gasteiger partial charge in [-0.3, -0.25) is 4.98 Å². The third-order valence-electron chi connectivity index (χ3n) is 6.31. The molecule has 0 amide bonds. The molecule has 0 fully saturated rings. The van der Waals surface area contributed by atoms with E-state index in [-0.39, 0.29) is 5.58 Å². The molecule has 3 aromatic heterocycles. The minimum absolute atomic E-state index is 0.199. The van der Waals surface area contributed by atoms with Crippen LogP contribution in [0, 0.1) is 6.92 Å². The topological polar surface area (TPSA) is 72.9 Å². The smallest absolute Gasteiger partial charge is 0.433 e. The second-order valence-electron chi connectivity index (χ2n) is 8.61. The van der Waals surface area contributed by atoms with Crippen LogP contribution in [0.2, 0.25) is 0 Å². The Morgan fingerprint density at radius 3 is 2.74 bits per heavy atom. The van der Waals surface area contributed by atoms with Crippen LogP contribution in [0.25, 0.3) is 22.5 Å². The molecule has 7 nitrogen and oxygen atoms in total. The predicted molar refractivity (Wildman–Crippen MR) is 127 cm³/mol. The highest BCUT2D eigenvalue weighted by Crippen LogP contribution is 2.34. The summed E-state index contributed by atoms with van der Waals surface area (Å²) in [6.45, 7) is 4.50. The van der Waals surface area contributed by atoms with E-state index in [2.05, 4.69) is 25.1 Å². The number of rotatable bonds is 6. The molecule has 0 spiro atoms. The standard InChI is InChI=1S/C24H25F3N6OS/c1-15-17(5-3-10-28-15)21-30-31-23(32(21)2)35-14-4-11-33-12-8-16-6-7-19-20(18(16)9-13-33)29-22(34-19)24(25,26)27/h3,5-7,10H,4,8-9,11-14H2,1-2H3. The number of halogens is 3. The Morgan fingerprint density at radius 2 is 1.94 bits per heavy atom. The van der Waals surface area contributed by atoms with E-state index in [0.29, 0.717) is 11.9 Å². The Labute approximate surface area is 204 Å². The molecule has 0 unspecified atom stereocenters. The van der Waals surface area contributed by atoms with Gasteiger partial charge in [-0.1, -0.05) is 17.8 Å². The number of alkyl halides is 3. The summed E-state index contributed by atoms with van der Waals surface area (Å²) in [6, 6.07) is 7.36. The fourth-order valence-corrected chi connectivity index (χ4v) is 5.29. The number of nitrogens with zero attached hydrogens (tertiary/aromatic N) is 6. The minimum Gasteiger partial charge on any atom is -0.433 e. The Hall–Kier alpha value is -2.92. The van der Waals surface area contributed by atoms with Crippen molar-refractivity contribution in [2.45, 2.75) is 37.5 Å². The third kappa shape index (κ3) is 4.92. The van der Waals surface area contributed by atoms with E-state index >= 15 is 0 Å². The lowest BCUT2D eigenvalue weighted by molar-refractivity contribution is -0.156. The van der Waals surface area contributed by atoms with E-state index < -0.39 is 12.1 Å². The summed E-state index contributed by atoms with van der Waals surface area (Å²) in [4.78, 5) is 10.5. The van der Waals surface area contributed by atoms with Gasteiger partial charge in [0.15, 0.2) is 16.6 Å². The van der Waals surface area contributed by atoms with Crippen molar-refractivity contribution in [1.29, 1.82) is 0 Å². The number of fused-ring (bicyclic) bond motifs is 3. The molecule has 184 valence electrons. The summed E-state index contributed by atoms with van der Waals surface area (Å²) in [6.07, 6.45) is -0.419. The third-order valence-corrected chi connectivity index (χ3v) is 7.42. The highest BCUT2D eigenvalue weighted by Gasteiger charge is 2.38. The van der Waals surface area contributed by atoms with Crippen LogP contribution < -0.4 is 0 Å². The van der Waals surface area contributed by atoms with Gasteiger partial charge >= 0.3 is 12.1 Å². The van der Waals surface area contributed by atoms with E-state index in [1.165, 1.54) is 0 Å². The molecule has 0 radical (unpaired) electrons. The lowest BCUT2D eigenvalue weighted by Gasteiger charge is -2.19. The van der Waals surface area contributed by atoms with Gasteiger partial charge in [0.25, 0.3) is 0 Å². The molecule has 1 aliphatic heterocycles. The van der Waals surface area contributed by atoms with Gasteiger partial charge in [-0.15, -0.1) is 10.2 Å². The molecule has 4 aromatic rings. The fraction of sp³-hybridized carbons (Fsp3) is 0.417. The molecule has 35 heavy (non-hydrogen) atoms. The van der Waals surface area contributed by atoms with Crippen LogP contribution in [0.5, 0.6) is 0 Å². The monoisotopic (exact) mass is 502 g/mol. The number of aryl methyl sites for hydroxylation is 1. The van der Waals surface area contributed by atoms with Crippen molar-refractivity contribution in [1.82, 2.24) is 29.6 Å². The van der Waals surface area contributed by atoms with Crippen LogP contribution in [-0.2, 0) is 26.1 Å². The number of pyridine rings is 1. The van der Waals surface area contributed by atoms with Crippen molar-refractivity contribution in [3.63, 3.8) is 0 Å². The average Bonchev–Trinajstić information content (AvgIpc) is 3.36. The first-order valence-corrected chi connectivity index (χ1v) is 12.4. The Balaban J connectivity index is 1.17. The predicted octanol–water partition coefficient (Wildman–Crippen LogP) is 4.93. The van der Waals surface area contributed by atoms with Gasteiger partial charge in [0.05, 0.1) is 0 Å². The number of oxazole rings is 1. The summed E-state index contributed by atoms with van der Waals surface area (Å²) >= 11 is 1.67. The highest BCUT2D eigenvalue weighted by atomic mass is 32.2. The van der Waals surface area contributed by atoms with Crippen molar-refractivity contribution < 1.29 is 17.6 Å². The molecule has 0 saturated heterocycles. The lowest BCUT2D eigenvalue weighted by Crippen LogP contribution is -2.27. The van der Waals surface area contributed by atoms with E-state index in [1.54, 1.807) is 24.0 Å². The number of hydrogen-bond donors (Lipinski definition) is 0. The van der Waals surface area contributed by atoms with Gasteiger partial charge in [-0.2, -0.15) is 13.2 Å².